The Morgan fingerprint density at radius 1 is 1.16 bits per heavy atom. The molecule has 0 amide bonds. The van der Waals surface area contributed by atoms with Gasteiger partial charge in [0.15, 0.2) is 0 Å². The highest BCUT2D eigenvalue weighted by molar-refractivity contribution is 5.29. The molecule has 1 saturated heterocycles. The van der Waals surface area contributed by atoms with Crippen molar-refractivity contribution in [3.63, 3.8) is 0 Å². The predicted molar refractivity (Wildman–Crippen MR) is 79.7 cm³/mol. The third kappa shape index (κ3) is 3.95. The van der Waals surface area contributed by atoms with E-state index in [1.807, 2.05) is 0 Å². The van der Waals surface area contributed by atoms with Gasteiger partial charge in [-0.25, -0.2) is 0 Å². The van der Waals surface area contributed by atoms with Crippen LogP contribution in [0, 0.1) is 0 Å². The number of nitrogens with zero attached hydrogens (tertiary/aromatic N) is 1. The SMILES string of the molecule is CCC(c1ccc(OC(C)C)cc1)N1CCNCC1. The molecular weight excluding hydrogens is 236 g/mol. The molecule has 1 aliphatic rings. The summed E-state index contributed by atoms with van der Waals surface area (Å²) in [5, 5.41) is 3.41. The third-order valence-electron chi connectivity index (χ3n) is 3.62. The lowest BCUT2D eigenvalue weighted by atomic mass is 10.0. The number of rotatable bonds is 5. The smallest absolute Gasteiger partial charge is 0.119 e. The van der Waals surface area contributed by atoms with E-state index in [1.165, 1.54) is 5.56 Å². The molecule has 1 aromatic rings. The van der Waals surface area contributed by atoms with Crippen molar-refractivity contribution >= 4 is 0 Å². The number of piperazine rings is 1. The zero-order chi connectivity index (χ0) is 13.7. The molecule has 0 bridgehead atoms. The van der Waals surface area contributed by atoms with E-state index in [2.05, 4.69) is 55.3 Å². The molecule has 0 aromatic heterocycles. The minimum absolute atomic E-state index is 0.237. The Balaban J connectivity index is 2.05. The van der Waals surface area contributed by atoms with Gasteiger partial charge < -0.3 is 10.1 Å². The molecule has 1 atom stereocenters. The lowest BCUT2D eigenvalue weighted by Gasteiger charge is -2.34. The molecule has 1 heterocycles. The van der Waals surface area contributed by atoms with Crippen molar-refractivity contribution in [3.05, 3.63) is 29.8 Å². The highest BCUT2D eigenvalue weighted by atomic mass is 16.5. The summed E-state index contributed by atoms with van der Waals surface area (Å²) in [6.07, 6.45) is 1.39. The fourth-order valence-electron chi connectivity index (χ4n) is 2.74. The molecule has 1 unspecified atom stereocenters. The average Bonchev–Trinajstić information content (AvgIpc) is 2.42. The molecule has 1 aromatic carbocycles. The van der Waals surface area contributed by atoms with Crippen LogP contribution in [0.5, 0.6) is 5.75 Å². The molecular formula is C16H26N2O. The number of hydrogen-bond acceptors (Lipinski definition) is 3. The van der Waals surface area contributed by atoms with Gasteiger partial charge in [0.05, 0.1) is 6.10 Å². The first-order chi connectivity index (χ1) is 9.20. The van der Waals surface area contributed by atoms with Crippen LogP contribution in [0.2, 0.25) is 0 Å². The van der Waals surface area contributed by atoms with E-state index in [0.717, 1.165) is 38.3 Å². The maximum Gasteiger partial charge on any atom is 0.119 e. The fraction of sp³-hybridized carbons (Fsp3) is 0.625. The van der Waals surface area contributed by atoms with Gasteiger partial charge in [-0.2, -0.15) is 0 Å². The van der Waals surface area contributed by atoms with Gasteiger partial charge in [0.1, 0.15) is 5.75 Å². The molecule has 0 saturated carbocycles. The Morgan fingerprint density at radius 3 is 2.32 bits per heavy atom. The first-order valence-corrected chi connectivity index (χ1v) is 7.42. The van der Waals surface area contributed by atoms with Gasteiger partial charge in [-0.05, 0) is 38.0 Å². The summed E-state index contributed by atoms with van der Waals surface area (Å²) >= 11 is 0. The topological polar surface area (TPSA) is 24.5 Å². The van der Waals surface area contributed by atoms with Crippen LogP contribution < -0.4 is 10.1 Å². The van der Waals surface area contributed by atoms with Crippen LogP contribution in [0.4, 0.5) is 0 Å². The van der Waals surface area contributed by atoms with Crippen LogP contribution in [-0.2, 0) is 0 Å². The summed E-state index contributed by atoms with van der Waals surface area (Å²) in [6, 6.07) is 9.16. The summed E-state index contributed by atoms with van der Waals surface area (Å²) in [5.74, 6) is 0.967. The molecule has 0 spiro atoms. The molecule has 2 rings (SSSR count). The van der Waals surface area contributed by atoms with E-state index in [1.54, 1.807) is 0 Å². The Labute approximate surface area is 116 Å². The second-order valence-corrected chi connectivity index (χ2v) is 5.45. The summed E-state index contributed by atoms with van der Waals surface area (Å²) in [7, 11) is 0. The van der Waals surface area contributed by atoms with Crippen molar-refractivity contribution in [1.29, 1.82) is 0 Å². The Kier molecular flexibility index (Phi) is 5.23. The van der Waals surface area contributed by atoms with Crippen molar-refractivity contribution in [3.8, 4) is 5.75 Å². The molecule has 0 radical (unpaired) electrons. The second kappa shape index (κ2) is 6.92. The van der Waals surface area contributed by atoms with Gasteiger partial charge in [0.25, 0.3) is 0 Å². The molecule has 3 nitrogen and oxygen atoms in total. The first kappa shape index (κ1) is 14.4. The van der Waals surface area contributed by atoms with Crippen molar-refractivity contribution in [2.24, 2.45) is 0 Å². The molecule has 3 heteroatoms. The summed E-state index contributed by atoms with van der Waals surface area (Å²) in [6.45, 7) is 10.9. The monoisotopic (exact) mass is 262 g/mol. The fourth-order valence-corrected chi connectivity index (χ4v) is 2.74. The van der Waals surface area contributed by atoms with Crippen LogP contribution in [-0.4, -0.2) is 37.2 Å². The van der Waals surface area contributed by atoms with Crippen LogP contribution in [0.15, 0.2) is 24.3 Å². The van der Waals surface area contributed by atoms with Gasteiger partial charge in [-0.15, -0.1) is 0 Å². The van der Waals surface area contributed by atoms with Crippen LogP contribution in [0.25, 0.3) is 0 Å². The zero-order valence-corrected chi connectivity index (χ0v) is 12.4. The molecule has 19 heavy (non-hydrogen) atoms. The minimum Gasteiger partial charge on any atom is -0.491 e. The summed E-state index contributed by atoms with van der Waals surface area (Å²) < 4.78 is 5.70. The van der Waals surface area contributed by atoms with Crippen molar-refractivity contribution in [2.75, 3.05) is 26.2 Å². The van der Waals surface area contributed by atoms with Gasteiger partial charge in [0, 0.05) is 32.2 Å². The Morgan fingerprint density at radius 2 is 1.79 bits per heavy atom. The summed E-state index contributed by atoms with van der Waals surface area (Å²) in [4.78, 5) is 2.58. The Bertz CT molecular complexity index is 369. The largest absolute Gasteiger partial charge is 0.491 e. The van der Waals surface area contributed by atoms with Crippen molar-refractivity contribution < 1.29 is 4.74 Å². The van der Waals surface area contributed by atoms with E-state index in [0.29, 0.717) is 6.04 Å². The van der Waals surface area contributed by atoms with Gasteiger partial charge in [0.2, 0.25) is 0 Å². The lowest BCUT2D eigenvalue weighted by molar-refractivity contribution is 0.169. The van der Waals surface area contributed by atoms with E-state index in [4.69, 9.17) is 4.74 Å². The van der Waals surface area contributed by atoms with E-state index < -0.39 is 0 Å². The Hall–Kier alpha value is -1.06. The molecule has 1 aliphatic heterocycles. The molecule has 0 aliphatic carbocycles. The standard InChI is InChI=1S/C16H26N2O/c1-4-16(18-11-9-17-10-12-18)14-5-7-15(8-6-14)19-13(2)3/h5-8,13,16-17H,4,9-12H2,1-3H3. The number of hydrogen-bond donors (Lipinski definition) is 1. The highest BCUT2D eigenvalue weighted by Gasteiger charge is 2.20. The number of ether oxygens (including phenoxy) is 1. The maximum atomic E-state index is 5.70. The molecule has 1 N–H and O–H groups in total. The first-order valence-electron chi connectivity index (χ1n) is 7.42. The number of nitrogens with one attached hydrogen (secondary N) is 1. The third-order valence-corrected chi connectivity index (χ3v) is 3.62. The lowest BCUT2D eigenvalue weighted by Crippen LogP contribution is -2.45. The summed E-state index contributed by atoms with van der Waals surface area (Å²) in [5.41, 5.74) is 1.40. The average molecular weight is 262 g/mol. The van der Waals surface area contributed by atoms with Crippen molar-refractivity contribution in [2.45, 2.75) is 39.3 Å². The molecule has 106 valence electrons. The van der Waals surface area contributed by atoms with Crippen LogP contribution in [0.1, 0.15) is 38.8 Å². The number of benzene rings is 1. The van der Waals surface area contributed by atoms with Gasteiger partial charge in [-0.3, -0.25) is 4.90 Å². The van der Waals surface area contributed by atoms with Crippen LogP contribution in [0.3, 0.4) is 0 Å². The minimum atomic E-state index is 0.237. The maximum absolute atomic E-state index is 5.70. The van der Waals surface area contributed by atoms with Gasteiger partial charge in [-0.1, -0.05) is 19.1 Å². The van der Waals surface area contributed by atoms with Crippen molar-refractivity contribution in [1.82, 2.24) is 10.2 Å². The normalized spacial score (nSPS) is 18.5. The van der Waals surface area contributed by atoms with E-state index in [-0.39, 0.29) is 6.10 Å². The van der Waals surface area contributed by atoms with E-state index >= 15 is 0 Å². The second-order valence-electron chi connectivity index (χ2n) is 5.45. The van der Waals surface area contributed by atoms with Crippen LogP contribution >= 0.6 is 0 Å². The zero-order valence-electron chi connectivity index (χ0n) is 12.4. The van der Waals surface area contributed by atoms with E-state index in [9.17, 15) is 0 Å². The predicted octanol–water partition coefficient (Wildman–Crippen LogP) is 2.83. The highest BCUT2D eigenvalue weighted by Crippen LogP contribution is 2.26. The molecule has 1 fully saturated rings. The van der Waals surface area contributed by atoms with Gasteiger partial charge >= 0.3 is 0 Å². The quantitative estimate of drug-likeness (QED) is 0.883.